The Labute approximate surface area is 95.6 Å². The maximum absolute atomic E-state index is 11.5. The Bertz CT molecular complexity index is 330. The van der Waals surface area contributed by atoms with Crippen LogP contribution in [0.15, 0.2) is 47.4 Å². The van der Waals surface area contributed by atoms with Crippen molar-refractivity contribution in [3.63, 3.8) is 0 Å². The van der Waals surface area contributed by atoms with Crippen molar-refractivity contribution in [3.05, 3.63) is 42.5 Å². The molecule has 0 saturated heterocycles. The second-order valence-corrected chi connectivity index (χ2v) is 4.65. The van der Waals surface area contributed by atoms with Gasteiger partial charge in [0.25, 0.3) is 0 Å². The van der Waals surface area contributed by atoms with E-state index in [1.807, 2.05) is 37.3 Å². The largest absolute Gasteiger partial charge is 0.299 e. The monoisotopic (exact) mass is 220 g/mol. The highest BCUT2D eigenvalue weighted by atomic mass is 32.2. The van der Waals surface area contributed by atoms with Crippen LogP contribution < -0.4 is 0 Å². The topological polar surface area (TPSA) is 17.1 Å². The van der Waals surface area contributed by atoms with Gasteiger partial charge in [-0.15, -0.1) is 18.3 Å². The van der Waals surface area contributed by atoms with Crippen LogP contribution in [-0.4, -0.2) is 11.5 Å². The van der Waals surface area contributed by atoms with Crippen molar-refractivity contribution in [1.82, 2.24) is 0 Å². The third-order valence-corrected chi connectivity index (χ3v) is 3.05. The van der Waals surface area contributed by atoms with E-state index in [4.69, 9.17) is 0 Å². The first-order chi connectivity index (χ1) is 7.18. The van der Waals surface area contributed by atoms with E-state index >= 15 is 0 Å². The molecule has 0 aliphatic heterocycles. The van der Waals surface area contributed by atoms with Crippen LogP contribution in [0.25, 0.3) is 0 Å². The maximum Gasteiger partial charge on any atom is 0.143 e. The summed E-state index contributed by atoms with van der Waals surface area (Å²) in [5, 5.41) is 0. The van der Waals surface area contributed by atoms with E-state index in [-0.39, 0.29) is 0 Å². The van der Waals surface area contributed by atoms with Gasteiger partial charge in [0.1, 0.15) is 5.78 Å². The first-order valence-electron chi connectivity index (χ1n) is 5.02. The van der Waals surface area contributed by atoms with Crippen LogP contribution in [0.4, 0.5) is 0 Å². The molecule has 0 spiro atoms. The summed E-state index contributed by atoms with van der Waals surface area (Å²) in [5.74, 6) is 0.865. The predicted molar refractivity (Wildman–Crippen MR) is 66.2 cm³/mol. The molecule has 0 saturated carbocycles. The Hall–Kier alpha value is -1.02. The van der Waals surface area contributed by atoms with E-state index in [0.29, 0.717) is 18.0 Å². The number of hydrogen-bond acceptors (Lipinski definition) is 2. The number of carbonyl (C=O) groups excluding carboxylic acids is 1. The number of carbonyl (C=O) groups is 1. The van der Waals surface area contributed by atoms with Crippen molar-refractivity contribution in [2.75, 3.05) is 5.75 Å². The number of ketones is 1. The van der Waals surface area contributed by atoms with Crippen molar-refractivity contribution >= 4 is 17.5 Å². The van der Waals surface area contributed by atoms with E-state index in [1.54, 1.807) is 11.8 Å². The van der Waals surface area contributed by atoms with Crippen LogP contribution in [0.2, 0.25) is 0 Å². The molecule has 0 aliphatic rings. The highest BCUT2D eigenvalue weighted by Gasteiger charge is 2.02. The van der Waals surface area contributed by atoms with Crippen LogP contribution in [-0.2, 0) is 4.79 Å². The van der Waals surface area contributed by atoms with Gasteiger partial charge in [-0.1, -0.05) is 23.8 Å². The van der Waals surface area contributed by atoms with Gasteiger partial charge < -0.3 is 0 Å². The third kappa shape index (κ3) is 5.43. The number of allylic oxidation sites excluding steroid dienone is 1. The molecule has 80 valence electrons. The molecule has 0 heterocycles. The Morgan fingerprint density at radius 3 is 2.53 bits per heavy atom. The molecule has 0 unspecified atom stereocenters. The van der Waals surface area contributed by atoms with Gasteiger partial charge in [0.15, 0.2) is 0 Å². The van der Waals surface area contributed by atoms with Gasteiger partial charge in [0.05, 0.1) is 5.75 Å². The summed E-state index contributed by atoms with van der Waals surface area (Å²) in [5.41, 5.74) is 1.08. The maximum atomic E-state index is 11.5. The molecule has 15 heavy (non-hydrogen) atoms. The molecule has 0 N–H and O–H groups in total. The van der Waals surface area contributed by atoms with Gasteiger partial charge in [-0.3, -0.25) is 4.79 Å². The highest BCUT2D eigenvalue weighted by molar-refractivity contribution is 8.00. The average Bonchev–Trinajstić information content (AvgIpc) is 2.25. The number of rotatable bonds is 6. The molecule has 1 nitrogen and oxygen atoms in total. The molecular weight excluding hydrogens is 204 g/mol. The summed E-state index contributed by atoms with van der Waals surface area (Å²) in [6.07, 6.45) is 1.43. The van der Waals surface area contributed by atoms with Gasteiger partial charge in [0, 0.05) is 11.3 Å². The van der Waals surface area contributed by atoms with Crippen LogP contribution in [0.1, 0.15) is 19.8 Å². The third-order valence-electron chi connectivity index (χ3n) is 1.97. The molecule has 1 aromatic carbocycles. The summed E-state index contributed by atoms with van der Waals surface area (Å²) in [6.45, 7) is 5.74. The van der Waals surface area contributed by atoms with Gasteiger partial charge in [-0.2, -0.15) is 0 Å². The summed E-state index contributed by atoms with van der Waals surface area (Å²) in [4.78, 5) is 12.6. The van der Waals surface area contributed by atoms with Crippen molar-refractivity contribution in [1.29, 1.82) is 0 Å². The molecule has 0 amide bonds. The Kier molecular flexibility index (Phi) is 5.19. The zero-order valence-corrected chi connectivity index (χ0v) is 9.85. The summed E-state index contributed by atoms with van der Waals surface area (Å²) in [7, 11) is 0. The molecule has 0 fully saturated rings. The van der Waals surface area contributed by atoms with E-state index in [9.17, 15) is 4.79 Å². The normalized spacial score (nSPS) is 9.93. The molecule has 0 bridgehead atoms. The fraction of sp³-hybridized carbons (Fsp3) is 0.308. The fourth-order valence-corrected chi connectivity index (χ4v) is 1.93. The smallest absolute Gasteiger partial charge is 0.143 e. The van der Waals surface area contributed by atoms with E-state index < -0.39 is 0 Å². The minimum Gasteiger partial charge on any atom is -0.299 e. The molecular formula is C13H16OS. The van der Waals surface area contributed by atoms with Crippen LogP contribution >= 0.6 is 11.8 Å². The van der Waals surface area contributed by atoms with Gasteiger partial charge in [0.2, 0.25) is 0 Å². The van der Waals surface area contributed by atoms with E-state index in [0.717, 1.165) is 16.9 Å². The summed E-state index contributed by atoms with van der Waals surface area (Å²) >= 11 is 1.60. The molecule has 0 radical (unpaired) electrons. The standard InChI is InChI=1S/C13H16OS/c1-11(2)8-9-12(14)10-15-13-6-4-3-5-7-13/h3-7H,1,8-10H2,2H3. The lowest BCUT2D eigenvalue weighted by Crippen LogP contribution is -2.00. The zero-order valence-electron chi connectivity index (χ0n) is 9.03. The second-order valence-electron chi connectivity index (χ2n) is 3.60. The lowest BCUT2D eigenvalue weighted by atomic mass is 10.1. The molecule has 0 aromatic heterocycles. The number of benzene rings is 1. The Morgan fingerprint density at radius 1 is 1.27 bits per heavy atom. The highest BCUT2D eigenvalue weighted by Crippen LogP contribution is 2.17. The van der Waals surface area contributed by atoms with Crippen molar-refractivity contribution in [2.24, 2.45) is 0 Å². The zero-order chi connectivity index (χ0) is 11.1. The minimum absolute atomic E-state index is 0.298. The minimum atomic E-state index is 0.298. The van der Waals surface area contributed by atoms with Gasteiger partial charge in [-0.05, 0) is 25.5 Å². The lowest BCUT2D eigenvalue weighted by molar-refractivity contribution is -0.116. The lowest BCUT2D eigenvalue weighted by Gasteiger charge is -2.01. The predicted octanol–water partition coefficient (Wildman–Crippen LogP) is 3.70. The van der Waals surface area contributed by atoms with Gasteiger partial charge in [-0.25, -0.2) is 0 Å². The fourth-order valence-electron chi connectivity index (χ4n) is 1.11. The van der Waals surface area contributed by atoms with E-state index in [2.05, 4.69) is 6.58 Å². The van der Waals surface area contributed by atoms with E-state index in [1.165, 1.54) is 0 Å². The second kappa shape index (κ2) is 6.46. The average molecular weight is 220 g/mol. The van der Waals surface area contributed by atoms with Crippen molar-refractivity contribution in [3.8, 4) is 0 Å². The van der Waals surface area contributed by atoms with Crippen molar-refractivity contribution in [2.45, 2.75) is 24.7 Å². The molecule has 2 heteroatoms. The first-order valence-corrected chi connectivity index (χ1v) is 6.01. The Balaban J connectivity index is 2.26. The molecule has 1 rings (SSSR count). The number of Topliss-reactive ketones (excluding diaryl/α,β-unsaturated/α-hetero) is 1. The summed E-state index contributed by atoms with van der Waals surface area (Å²) < 4.78 is 0. The van der Waals surface area contributed by atoms with Gasteiger partial charge >= 0.3 is 0 Å². The molecule has 1 aromatic rings. The number of hydrogen-bond donors (Lipinski definition) is 0. The van der Waals surface area contributed by atoms with Crippen molar-refractivity contribution < 1.29 is 4.79 Å². The quantitative estimate of drug-likeness (QED) is 0.537. The van der Waals surface area contributed by atoms with Crippen LogP contribution in [0.3, 0.4) is 0 Å². The SMILES string of the molecule is C=C(C)CCC(=O)CSc1ccccc1. The number of thioether (sulfide) groups is 1. The summed E-state index contributed by atoms with van der Waals surface area (Å²) in [6, 6.07) is 10.0. The molecule has 0 atom stereocenters. The Morgan fingerprint density at radius 2 is 1.93 bits per heavy atom. The van der Waals surface area contributed by atoms with Crippen LogP contribution in [0.5, 0.6) is 0 Å². The van der Waals surface area contributed by atoms with Crippen LogP contribution in [0, 0.1) is 0 Å². The first kappa shape index (κ1) is 12.1. The molecule has 0 aliphatic carbocycles.